The molecule has 1 aliphatic rings. The van der Waals surface area contributed by atoms with Gasteiger partial charge in [0.1, 0.15) is 5.82 Å². The van der Waals surface area contributed by atoms with Crippen molar-refractivity contribution in [3.8, 4) is 0 Å². The summed E-state index contributed by atoms with van der Waals surface area (Å²) in [6, 6.07) is 0.323. The van der Waals surface area contributed by atoms with Crippen LogP contribution in [0.4, 0.5) is 4.79 Å². The van der Waals surface area contributed by atoms with E-state index < -0.39 is 0 Å². The van der Waals surface area contributed by atoms with E-state index in [1.165, 1.54) is 0 Å². The van der Waals surface area contributed by atoms with E-state index in [9.17, 15) is 4.79 Å². The molecule has 1 amide bonds. The zero-order chi connectivity index (χ0) is 10.8. The third kappa shape index (κ3) is 2.15. The number of hydrogen-bond donors (Lipinski definition) is 0. The van der Waals surface area contributed by atoms with Gasteiger partial charge in [0.15, 0.2) is 0 Å². The lowest BCUT2D eigenvalue weighted by atomic mass is 10.1. The van der Waals surface area contributed by atoms with E-state index in [0.29, 0.717) is 12.6 Å². The molecule has 82 valence electrons. The largest absolute Gasteiger partial charge is 0.330 e. The van der Waals surface area contributed by atoms with E-state index in [4.69, 9.17) is 11.6 Å². The van der Waals surface area contributed by atoms with Crippen LogP contribution < -0.4 is 0 Å². The molecule has 2 rings (SSSR count). The van der Waals surface area contributed by atoms with Crippen molar-refractivity contribution in [2.45, 2.75) is 25.8 Å². The second-order valence-electron chi connectivity index (χ2n) is 3.88. The Balaban J connectivity index is 2.11. The van der Waals surface area contributed by atoms with E-state index in [2.05, 4.69) is 9.55 Å². The number of piperidine rings is 1. The fraction of sp³-hybridized carbons (Fsp3) is 0.600. The molecule has 0 bridgehead atoms. The fourth-order valence-corrected chi connectivity index (χ4v) is 2.27. The van der Waals surface area contributed by atoms with Gasteiger partial charge in [-0.05, 0) is 31.4 Å². The predicted molar refractivity (Wildman–Crippen MR) is 58.1 cm³/mol. The van der Waals surface area contributed by atoms with E-state index >= 15 is 0 Å². The van der Waals surface area contributed by atoms with Crippen LogP contribution in [0.25, 0.3) is 0 Å². The van der Waals surface area contributed by atoms with Crippen LogP contribution in [0.15, 0.2) is 12.4 Å². The van der Waals surface area contributed by atoms with Crippen LogP contribution in [0.5, 0.6) is 0 Å². The smallest absolute Gasteiger partial charge is 0.316 e. The van der Waals surface area contributed by atoms with Crippen LogP contribution in [-0.4, -0.2) is 32.9 Å². The van der Waals surface area contributed by atoms with Gasteiger partial charge in [0.25, 0.3) is 0 Å². The highest BCUT2D eigenvalue weighted by Crippen LogP contribution is 2.23. The highest BCUT2D eigenvalue weighted by atomic mass is 35.5. The van der Waals surface area contributed by atoms with Crippen LogP contribution in [0.1, 0.15) is 24.7 Å². The molecular formula is C10H14ClN3O. The van der Waals surface area contributed by atoms with Gasteiger partial charge in [-0.2, -0.15) is 0 Å². The zero-order valence-corrected chi connectivity index (χ0v) is 9.44. The van der Waals surface area contributed by atoms with Gasteiger partial charge in [-0.3, -0.25) is 4.79 Å². The highest BCUT2D eigenvalue weighted by molar-refractivity contribution is 6.62. The third-order valence-electron chi connectivity index (χ3n) is 2.90. The molecule has 0 radical (unpaired) electrons. The van der Waals surface area contributed by atoms with Crippen molar-refractivity contribution >= 4 is 17.0 Å². The van der Waals surface area contributed by atoms with Gasteiger partial charge in [0, 0.05) is 25.5 Å². The Morgan fingerprint density at radius 2 is 2.47 bits per heavy atom. The SMILES string of the molecule is Cc1nccn1C1CCCN(C(=O)Cl)C1. The molecule has 15 heavy (non-hydrogen) atoms. The molecule has 0 spiro atoms. The molecule has 1 fully saturated rings. The number of carbonyl (C=O) groups excluding carboxylic acids is 1. The average molecular weight is 228 g/mol. The molecule has 2 heterocycles. The van der Waals surface area contributed by atoms with Crippen LogP contribution in [-0.2, 0) is 0 Å². The summed E-state index contributed by atoms with van der Waals surface area (Å²) >= 11 is 5.49. The summed E-state index contributed by atoms with van der Waals surface area (Å²) in [5.74, 6) is 0.990. The standard InChI is InChI=1S/C10H14ClN3O/c1-8-12-4-6-14(8)9-3-2-5-13(7-9)10(11)15/h4,6,9H,2-3,5,7H2,1H3. The Morgan fingerprint density at radius 1 is 1.67 bits per heavy atom. The molecule has 0 aromatic carbocycles. The quantitative estimate of drug-likeness (QED) is 0.545. The number of amides is 1. The number of rotatable bonds is 1. The first kappa shape index (κ1) is 10.5. The third-order valence-corrected chi connectivity index (χ3v) is 3.14. The van der Waals surface area contributed by atoms with E-state index in [1.54, 1.807) is 11.1 Å². The molecule has 0 saturated carbocycles. The molecule has 1 aromatic rings. The summed E-state index contributed by atoms with van der Waals surface area (Å²) in [4.78, 5) is 16.9. The topological polar surface area (TPSA) is 38.1 Å². The molecule has 1 saturated heterocycles. The van der Waals surface area contributed by atoms with Gasteiger partial charge in [0.2, 0.25) is 0 Å². The van der Waals surface area contributed by atoms with Crippen LogP contribution in [0, 0.1) is 6.92 Å². The summed E-state index contributed by atoms with van der Waals surface area (Å²) < 4.78 is 2.12. The zero-order valence-electron chi connectivity index (χ0n) is 8.69. The van der Waals surface area contributed by atoms with Crippen LogP contribution in [0.3, 0.4) is 0 Å². The summed E-state index contributed by atoms with van der Waals surface area (Å²) in [5.41, 5.74) is 0. The van der Waals surface area contributed by atoms with Crippen LogP contribution >= 0.6 is 11.6 Å². The number of halogens is 1. The van der Waals surface area contributed by atoms with Gasteiger partial charge in [-0.1, -0.05) is 0 Å². The van der Waals surface area contributed by atoms with Crippen molar-refractivity contribution < 1.29 is 4.79 Å². The number of aryl methyl sites for hydroxylation is 1. The maximum Gasteiger partial charge on any atom is 0.316 e. The maximum absolute atomic E-state index is 11.1. The van der Waals surface area contributed by atoms with Gasteiger partial charge >= 0.3 is 5.37 Å². The number of nitrogens with zero attached hydrogens (tertiary/aromatic N) is 3. The van der Waals surface area contributed by atoms with Crippen molar-refractivity contribution in [3.63, 3.8) is 0 Å². The highest BCUT2D eigenvalue weighted by Gasteiger charge is 2.24. The van der Waals surface area contributed by atoms with E-state index in [1.807, 2.05) is 13.1 Å². The second kappa shape index (κ2) is 4.23. The van der Waals surface area contributed by atoms with E-state index in [-0.39, 0.29) is 5.37 Å². The Hall–Kier alpha value is -1.03. The van der Waals surface area contributed by atoms with Gasteiger partial charge in [0.05, 0.1) is 6.04 Å². The maximum atomic E-state index is 11.1. The minimum Gasteiger partial charge on any atom is -0.330 e. The Labute approximate surface area is 93.8 Å². The van der Waals surface area contributed by atoms with E-state index in [0.717, 1.165) is 25.2 Å². The van der Waals surface area contributed by atoms with Gasteiger partial charge in [-0.15, -0.1) is 0 Å². The number of hydrogen-bond acceptors (Lipinski definition) is 2. The molecular weight excluding hydrogens is 214 g/mol. The molecule has 1 aliphatic heterocycles. The first-order valence-corrected chi connectivity index (χ1v) is 5.50. The van der Waals surface area contributed by atoms with Crippen molar-refractivity contribution in [3.05, 3.63) is 18.2 Å². The van der Waals surface area contributed by atoms with Gasteiger partial charge in [-0.25, -0.2) is 4.98 Å². The number of likely N-dealkylation sites (tertiary alicyclic amines) is 1. The minimum absolute atomic E-state index is 0.323. The normalized spacial score (nSPS) is 21.7. The van der Waals surface area contributed by atoms with Crippen molar-refractivity contribution in [1.82, 2.24) is 14.5 Å². The minimum atomic E-state index is -0.350. The van der Waals surface area contributed by atoms with Crippen molar-refractivity contribution in [1.29, 1.82) is 0 Å². The lowest BCUT2D eigenvalue weighted by Gasteiger charge is -2.32. The summed E-state index contributed by atoms with van der Waals surface area (Å²) in [7, 11) is 0. The Bertz CT molecular complexity index is 363. The Morgan fingerprint density at radius 3 is 3.07 bits per heavy atom. The predicted octanol–water partition coefficient (Wildman–Crippen LogP) is 2.19. The molecule has 0 N–H and O–H groups in total. The molecule has 0 aliphatic carbocycles. The second-order valence-corrected chi connectivity index (χ2v) is 4.20. The monoisotopic (exact) mass is 227 g/mol. The van der Waals surface area contributed by atoms with Crippen molar-refractivity contribution in [2.24, 2.45) is 0 Å². The summed E-state index contributed by atoms with van der Waals surface area (Å²) in [6.45, 7) is 3.44. The summed E-state index contributed by atoms with van der Waals surface area (Å²) in [5, 5.41) is -0.350. The Kier molecular flexibility index (Phi) is 2.95. The summed E-state index contributed by atoms with van der Waals surface area (Å²) in [6.07, 6.45) is 5.83. The molecule has 1 aromatic heterocycles. The average Bonchev–Trinajstić information content (AvgIpc) is 2.64. The number of carbonyl (C=O) groups is 1. The molecule has 5 heteroatoms. The van der Waals surface area contributed by atoms with Crippen LogP contribution in [0.2, 0.25) is 0 Å². The first-order chi connectivity index (χ1) is 7.18. The number of aromatic nitrogens is 2. The number of imidazole rings is 1. The molecule has 1 atom stereocenters. The molecule has 4 nitrogen and oxygen atoms in total. The molecule has 1 unspecified atom stereocenters. The lowest BCUT2D eigenvalue weighted by Crippen LogP contribution is -2.38. The first-order valence-electron chi connectivity index (χ1n) is 5.12. The van der Waals surface area contributed by atoms with Crippen molar-refractivity contribution in [2.75, 3.05) is 13.1 Å². The fourth-order valence-electron chi connectivity index (χ4n) is 2.11. The van der Waals surface area contributed by atoms with Gasteiger partial charge < -0.3 is 9.47 Å². The lowest BCUT2D eigenvalue weighted by molar-refractivity contribution is 0.187.